The molecule has 0 aliphatic heterocycles. The number of hydrogen-bond acceptors (Lipinski definition) is 5. The van der Waals surface area contributed by atoms with Gasteiger partial charge in [-0.05, 0) is 13.0 Å². The van der Waals surface area contributed by atoms with Crippen molar-refractivity contribution in [2.45, 2.75) is 11.6 Å². The molecule has 0 aliphatic carbocycles. The predicted octanol–water partition coefficient (Wildman–Crippen LogP) is -0.567. The van der Waals surface area contributed by atoms with Crippen molar-refractivity contribution >= 4 is 11.8 Å². The van der Waals surface area contributed by atoms with Gasteiger partial charge < -0.3 is 11.6 Å². The van der Waals surface area contributed by atoms with E-state index >= 15 is 0 Å². The van der Waals surface area contributed by atoms with Gasteiger partial charge in [-0.2, -0.15) is 0 Å². The molecule has 11 heavy (non-hydrogen) atoms. The Balaban J connectivity index is 2.32. The van der Waals surface area contributed by atoms with E-state index in [4.69, 9.17) is 11.6 Å². The first-order valence-electron chi connectivity index (χ1n) is 3.32. The number of nitrogens with two attached hydrogens (primary N) is 2. The second-order valence-corrected chi connectivity index (χ2v) is 3.07. The van der Waals surface area contributed by atoms with Crippen LogP contribution in [-0.4, -0.2) is 27.2 Å². The van der Waals surface area contributed by atoms with Crippen molar-refractivity contribution in [3.05, 3.63) is 6.33 Å². The standard InChI is InChI=1S/C5H11N5S/c6-2-1-3-11-5-9-8-4-10(5)7/h4H,1-3,6-7H2. The summed E-state index contributed by atoms with van der Waals surface area (Å²) in [6.07, 6.45) is 2.45. The Kier molecular flexibility index (Phi) is 3.18. The third kappa shape index (κ3) is 2.39. The molecule has 0 saturated carbocycles. The van der Waals surface area contributed by atoms with E-state index in [1.54, 1.807) is 11.8 Å². The lowest BCUT2D eigenvalue weighted by Gasteiger charge is -1.97. The number of nitrogens with zero attached hydrogens (tertiary/aromatic N) is 3. The quantitative estimate of drug-likeness (QED) is 0.362. The minimum absolute atomic E-state index is 0.700. The van der Waals surface area contributed by atoms with Crippen LogP contribution in [0.15, 0.2) is 11.5 Å². The van der Waals surface area contributed by atoms with Gasteiger partial charge in [0.2, 0.25) is 5.16 Å². The summed E-state index contributed by atoms with van der Waals surface area (Å²) in [5.74, 6) is 6.40. The van der Waals surface area contributed by atoms with Crippen molar-refractivity contribution in [1.82, 2.24) is 14.9 Å². The Morgan fingerprint density at radius 2 is 2.45 bits per heavy atom. The molecular formula is C5H11N5S. The largest absolute Gasteiger partial charge is 0.336 e. The second kappa shape index (κ2) is 4.20. The SMILES string of the molecule is NCCCSc1nncn1N. The average Bonchev–Trinajstić information content (AvgIpc) is 2.37. The summed E-state index contributed by atoms with van der Waals surface area (Å²) in [5, 5.41) is 8.17. The van der Waals surface area contributed by atoms with Gasteiger partial charge in [0, 0.05) is 5.75 Å². The lowest BCUT2D eigenvalue weighted by Crippen LogP contribution is -2.08. The van der Waals surface area contributed by atoms with Gasteiger partial charge in [0.15, 0.2) is 0 Å². The van der Waals surface area contributed by atoms with Crippen LogP contribution in [-0.2, 0) is 0 Å². The molecule has 4 N–H and O–H groups in total. The smallest absolute Gasteiger partial charge is 0.209 e. The second-order valence-electron chi connectivity index (χ2n) is 2.01. The third-order valence-corrected chi connectivity index (χ3v) is 2.16. The van der Waals surface area contributed by atoms with Crippen LogP contribution < -0.4 is 11.6 Å². The summed E-state index contributed by atoms with van der Waals surface area (Å²) >= 11 is 1.56. The van der Waals surface area contributed by atoms with Gasteiger partial charge in [-0.15, -0.1) is 10.2 Å². The first-order valence-corrected chi connectivity index (χ1v) is 4.31. The number of thioether (sulfide) groups is 1. The van der Waals surface area contributed by atoms with Crippen LogP contribution in [0.25, 0.3) is 0 Å². The maximum Gasteiger partial charge on any atom is 0.209 e. The van der Waals surface area contributed by atoms with E-state index in [1.165, 1.54) is 11.0 Å². The van der Waals surface area contributed by atoms with Crippen molar-refractivity contribution in [2.75, 3.05) is 18.1 Å². The fourth-order valence-electron chi connectivity index (χ4n) is 0.582. The van der Waals surface area contributed by atoms with Crippen LogP contribution in [0.3, 0.4) is 0 Å². The molecule has 6 heteroatoms. The van der Waals surface area contributed by atoms with E-state index in [-0.39, 0.29) is 0 Å². The van der Waals surface area contributed by atoms with E-state index in [9.17, 15) is 0 Å². The summed E-state index contributed by atoms with van der Waals surface area (Å²) in [6, 6.07) is 0. The molecule has 0 unspecified atom stereocenters. The molecule has 0 spiro atoms. The van der Waals surface area contributed by atoms with Crippen LogP contribution >= 0.6 is 11.8 Å². The van der Waals surface area contributed by atoms with Crippen LogP contribution in [0.1, 0.15) is 6.42 Å². The normalized spacial score (nSPS) is 10.3. The zero-order chi connectivity index (χ0) is 8.10. The summed E-state index contributed by atoms with van der Waals surface area (Å²) in [7, 11) is 0. The molecule has 1 heterocycles. The van der Waals surface area contributed by atoms with Crippen molar-refractivity contribution in [3.63, 3.8) is 0 Å². The molecule has 1 rings (SSSR count). The fourth-order valence-corrected chi connectivity index (χ4v) is 1.38. The fraction of sp³-hybridized carbons (Fsp3) is 0.600. The molecule has 0 atom stereocenters. The van der Waals surface area contributed by atoms with Gasteiger partial charge in [0.25, 0.3) is 0 Å². The zero-order valence-corrected chi connectivity index (χ0v) is 6.92. The maximum absolute atomic E-state index is 5.46. The Bertz CT molecular complexity index is 210. The molecule has 0 fully saturated rings. The van der Waals surface area contributed by atoms with Gasteiger partial charge in [-0.3, -0.25) is 0 Å². The summed E-state index contributed by atoms with van der Waals surface area (Å²) in [4.78, 5) is 0. The van der Waals surface area contributed by atoms with E-state index in [0.29, 0.717) is 6.54 Å². The highest BCUT2D eigenvalue weighted by Gasteiger charge is 1.99. The molecule has 0 bridgehead atoms. The molecule has 0 amide bonds. The molecule has 0 saturated heterocycles. The molecule has 1 aromatic heterocycles. The molecule has 1 aromatic rings. The number of rotatable bonds is 4. The third-order valence-electron chi connectivity index (χ3n) is 1.12. The molecule has 62 valence electrons. The zero-order valence-electron chi connectivity index (χ0n) is 6.10. The van der Waals surface area contributed by atoms with Crippen molar-refractivity contribution < 1.29 is 0 Å². The molecule has 0 aliphatic rings. The summed E-state index contributed by atoms with van der Waals surface area (Å²) in [5.41, 5.74) is 5.32. The van der Waals surface area contributed by atoms with Crippen LogP contribution in [0.2, 0.25) is 0 Å². The molecule has 0 radical (unpaired) electrons. The van der Waals surface area contributed by atoms with E-state index in [1.807, 2.05) is 0 Å². The first kappa shape index (κ1) is 8.35. The summed E-state index contributed by atoms with van der Waals surface area (Å²) in [6.45, 7) is 0.700. The topological polar surface area (TPSA) is 82.8 Å². The number of hydrogen-bond donors (Lipinski definition) is 2. The van der Waals surface area contributed by atoms with Crippen LogP contribution in [0.5, 0.6) is 0 Å². The highest BCUT2D eigenvalue weighted by Crippen LogP contribution is 2.12. The Morgan fingerprint density at radius 1 is 1.64 bits per heavy atom. The Hall–Kier alpha value is -0.750. The Morgan fingerprint density at radius 3 is 3.00 bits per heavy atom. The highest BCUT2D eigenvalue weighted by molar-refractivity contribution is 7.99. The minimum Gasteiger partial charge on any atom is -0.336 e. The van der Waals surface area contributed by atoms with Gasteiger partial charge in [-0.25, -0.2) is 4.68 Å². The molecule has 0 aromatic carbocycles. The van der Waals surface area contributed by atoms with E-state index < -0.39 is 0 Å². The van der Waals surface area contributed by atoms with Crippen molar-refractivity contribution in [3.8, 4) is 0 Å². The monoisotopic (exact) mass is 173 g/mol. The average molecular weight is 173 g/mol. The Labute approximate surface area is 69.1 Å². The number of aromatic nitrogens is 3. The molecular weight excluding hydrogens is 162 g/mol. The van der Waals surface area contributed by atoms with Crippen molar-refractivity contribution in [2.24, 2.45) is 5.73 Å². The van der Waals surface area contributed by atoms with E-state index in [0.717, 1.165) is 17.3 Å². The van der Waals surface area contributed by atoms with E-state index in [2.05, 4.69) is 10.2 Å². The highest BCUT2D eigenvalue weighted by atomic mass is 32.2. The first-order chi connectivity index (χ1) is 5.34. The lowest BCUT2D eigenvalue weighted by atomic mass is 10.5. The van der Waals surface area contributed by atoms with Gasteiger partial charge in [0.05, 0.1) is 0 Å². The van der Waals surface area contributed by atoms with Crippen LogP contribution in [0.4, 0.5) is 0 Å². The van der Waals surface area contributed by atoms with Gasteiger partial charge >= 0.3 is 0 Å². The van der Waals surface area contributed by atoms with Crippen LogP contribution in [0, 0.1) is 0 Å². The summed E-state index contributed by atoms with van der Waals surface area (Å²) < 4.78 is 1.40. The number of nitrogen functional groups attached to an aromatic ring is 1. The predicted molar refractivity (Wildman–Crippen MR) is 44.6 cm³/mol. The minimum atomic E-state index is 0.700. The van der Waals surface area contributed by atoms with Crippen molar-refractivity contribution in [1.29, 1.82) is 0 Å². The van der Waals surface area contributed by atoms with Gasteiger partial charge in [0.1, 0.15) is 6.33 Å². The maximum atomic E-state index is 5.46. The molecule has 5 nitrogen and oxygen atoms in total. The lowest BCUT2D eigenvalue weighted by molar-refractivity contribution is 0.841. The van der Waals surface area contributed by atoms with Gasteiger partial charge in [-0.1, -0.05) is 11.8 Å².